The van der Waals surface area contributed by atoms with E-state index in [-0.39, 0.29) is 11.1 Å². The van der Waals surface area contributed by atoms with Gasteiger partial charge in [0.25, 0.3) is 0 Å². The molecular formula is C15H12F4N2. The highest BCUT2D eigenvalue weighted by atomic mass is 19.4. The van der Waals surface area contributed by atoms with Crippen molar-refractivity contribution in [2.75, 3.05) is 5.43 Å². The van der Waals surface area contributed by atoms with Gasteiger partial charge in [0, 0.05) is 5.56 Å². The zero-order chi connectivity index (χ0) is 15.5. The third-order valence-corrected chi connectivity index (χ3v) is 2.82. The molecule has 2 aromatic rings. The van der Waals surface area contributed by atoms with E-state index in [4.69, 9.17) is 0 Å². The number of hydrogen-bond acceptors (Lipinski definition) is 2. The maximum atomic E-state index is 13.7. The van der Waals surface area contributed by atoms with Gasteiger partial charge in [0.05, 0.1) is 17.5 Å². The smallest absolute Gasteiger partial charge is 0.279 e. The van der Waals surface area contributed by atoms with Gasteiger partial charge in [-0.2, -0.15) is 18.3 Å². The molecule has 0 unspecified atom stereocenters. The summed E-state index contributed by atoms with van der Waals surface area (Å²) in [5, 5.41) is 3.81. The molecule has 2 nitrogen and oxygen atoms in total. The van der Waals surface area contributed by atoms with Crippen molar-refractivity contribution in [3.63, 3.8) is 0 Å². The van der Waals surface area contributed by atoms with Gasteiger partial charge in [-0.15, -0.1) is 0 Å². The van der Waals surface area contributed by atoms with E-state index in [1.54, 1.807) is 24.3 Å². The second-order valence-corrected chi connectivity index (χ2v) is 4.42. The summed E-state index contributed by atoms with van der Waals surface area (Å²) in [7, 11) is 0. The first-order valence-corrected chi connectivity index (χ1v) is 6.09. The van der Waals surface area contributed by atoms with Crippen LogP contribution in [0.25, 0.3) is 0 Å². The molecule has 2 aromatic carbocycles. The lowest BCUT2D eigenvalue weighted by atomic mass is 10.0. The van der Waals surface area contributed by atoms with Crippen molar-refractivity contribution in [3.8, 4) is 0 Å². The average molecular weight is 296 g/mol. The Morgan fingerprint density at radius 1 is 1.10 bits per heavy atom. The Bertz CT molecular complexity index is 649. The van der Waals surface area contributed by atoms with E-state index in [0.29, 0.717) is 11.8 Å². The molecule has 0 fully saturated rings. The Kier molecular flexibility index (Phi) is 4.26. The van der Waals surface area contributed by atoms with Crippen LogP contribution in [0.4, 0.5) is 23.2 Å². The largest absolute Gasteiger partial charge is 0.416 e. The maximum Gasteiger partial charge on any atom is 0.416 e. The molecule has 0 spiro atoms. The number of para-hydroxylation sites is 1. The summed E-state index contributed by atoms with van der Waals surface area (Å²) in [6.45, 7) is 1.28. The summed E-state index contributed by atoms with van der Waals surface area (Å²) in [5.74, 6) is -0.966. The van der Waals surface area contributed by atoms with Crippen molar-refractivity contribution < 1.29 is 17.6 Å². The van der Waals surface area contributed by atoms with E-state index in [9.17, 15) is 17.6 Å². The van der Waals surface area contributed by atoms with Crippen molar-refractivity contribution >= 4 is 11.9 Å². The molecular weight excluding hydrogens is 284 g/mol. The molecule has 0 radical (unpaired) electrons. The molecule has 2 rings (SSSR count). The van der Waals surface area contributed by atoms with Gasteiger partial charge in [-0.25, -0.2) is 4.39 Å². The number of alkyl halides is 3. The van der Waals surface area contributed by atoms with E-state index < -0.39 is 17.6 Å². The second-order valence-electron chi connectivity index (χ2n) is 4.42. The molecule has 110 valence electrons. The second kappa shape index (κ2) is 5.95. The van der Waals surface area contributed by atoms with E-state index in [1.165, 1.54) is 6.92 Å². The first kappa shape index (κ1) is 15.0. The molecule has 0 heterocycles. The van der Waals surface area contributed by atoms with Gasteiger partial charge in [-0.3, -0.25) is 5.43 Å². The summed E-state index contributed by atoms with van der Waals surface area (Å²) < 4.78 is 51.5. The van der Waals surface area contributed by atoms with Crippen molar-refractivity contribution in [3.05, 3.63) is 65.0 Å². The fraction of sp³-hybridized carbons (Fsp3) is 0.133. The highest BCUT2D eigenvalue weighted by Crippen LogP contribution is 2.32. The molecule has 6 heteroatoms. The third kappa shape index (κ3) is 3.81. The monoisotopic (exact) mass is 296 g/mol. The Morgan fingerprint density at radius 3 is 2.38 bits per heavy atom. The molecule has 0 saturated heterocycles. The third-order valence-electron chi connectivity index (χ3n) is 2.82. The SMILES string of the molecule is Cc1cc(C=NNc2ccccc2)c(F)cc1C(F)(F)F. The minimum Gasteiger partial charge on any atom is -0.279 e. The minimum atomic E-state index is -4.57. The van der Waals surface area contributed by atoms with Crippen LogP contribution in [0.5, 0.6) is 0 Å². The quantitative estimate of drug-likeness (QED) is 0.499. The molecule has 0 saturated carbocycles. The lowest BCUT2D eigenvalue weighted by Gasteiger charge is -2.11. The lowest BCUT2D eigenvalue weighted by molar-refractivity contribution is -0.138. The number of rotatable bonds is 3. The molecule has 0 aromatic heterocycles. The predicted octanol–water partition coefficient (Wildman–Crippen LogP) is 4.60. The van der Waals surface area contributed by atoms with Gasteiger partial charge >= 0.3 is 6.18 Å². The fourth-order valence-corrected chi connectivity index (χ4v) is 1.80. The first-order chi connectivity index (χ1) is 9.88. The number of hydrogen-bond donors (Lipinski definition) is 1. The van der Waals surface area contributed by atoms with Crippen LogP contribution in [0.2, 0.25) is 0 Å². The first-order valence-electron chi connectivity index (χ1n) is 6.09. The fourth-order valence-electron chi connectivity index (χ4n) is 1.80. The van der Waals surface area contributed by atoms with Crippen LogP contribution >= 0.6 is 0 Å². The van der Waals surface area contributed by atoms with Crippen LogP contribution in [0, 0.1) is 12.7 Å². The summed E-state index contributed by atoms with van der Waals surface area (Å²) >= 11 is 0. The summed E-state index contributed by atoms with van der Waals surface area (Å²) in [4.78, 5) is 0. The number of aryl methyl sites for hydroxylation is 1. The molecule has 0 amide bonds. The molecule has 0 atom stereocenters. The van der Waals surface area contributed by atoms with Crippen LogP contribution < -0.4 is 5.43 Å². The predicted molar refractivity (Wildman–Crippen MR) is 73.8 cm³/mol. The molecule has 0 aliphatic rings. The van der Waals surface area contributed by atoms with Crippen LogP contribution in [0.1, 0.15) is 16.7 Å². The van der Waals surface area contributed by atoms with Crippen LogP contribution in [0.3, 0.4) is 0 Å². The van der Waals surface area contributed by atoms with Crippen LogP contribution in [-0.2, 0) is 6.18 Å². The highest BCUT2D eigenvalue weighted by molar-refractivity contribution is 5.81. The van der Waals surface area contributed by atoms with Gasteiger partial charge in [0.2, 0.25) is 0 Å². The van der Waals surface area contributed by atoms with Gasteiger partial charge in [-0.05, 0) is 36.8 Å². The Morgan fingerprint density at radius 2 is 1.76 bits per heavy atom. The standard InChI is InChI=1S/C15H12F4N2/c1-10-7-11(14(16)8-13(10)15(17,18)19)9-20-21-12-5-3-2-4-6-12/h2-9,21H,1H3. The van der Waals surface area contributed by atoms with E-state index in [1.807, 2.05) is 6.07 Å². The lowest BCUT2D eigenvalue weighted by Crippen LogP contribution is -2.09. The van der Waals surface area contributed by atoms with E-state index >= 15 is 0 Å². The van der Waals surface area contributed by atoms with Gasteiger partial charge in [0.1, 0.15) is 5.82 Å². The number of nitrogens with zero attached hydrogens (tertiary/aromatic N) is 1. The van der Waals surface area contributed by atoms with E-state index in [0.717, 1.165) is 12.3 Å². The van der Waals surface area contributed by atoms with Crippen molar-refractivity contribution in [2.24, 2.45) is 5.10 Å². The van der Waals surface area contributed by atoms with Crippen molar-refractivity contribution in [1.82, 2.24) is 0 Å². The topological polar surface area (TPSA) is 24.4 Å². The van der Waals surface area contributed by atoms with Crippen LogP contribution in [0.15, 0.2) is 47.6 Å². The average Bonchev–Trinajstić information content (AvgIpc) is 2.42. The number of halogens is 4. The Balaban J connectivity index is 2.20. The van der Waals surface area contributed by atoms with Crippen LogP contribution in [-0.4, -0.2) is 6.21 Å². The summed E-state index contributed by atoms with van der Waals surface area (Å²) in [6, 6.07) is 10.5. The maximum absolute atomic E-state index is 13.7. The summed E-state index contributed by atoms with van der Waals surface area (Å²) in [5.41, 5.74) is 2.32. The molecule has 1 N–H and O–H groups in total. The normalized spacial score (nSPS) is 11.9. The van der Waals surface area contributed by atoms with Gasteiger partial charge < -0.3 is 0 Å². The van der Waals surface area contributed by atoms with Gasteiger partial charge in [0.15, 0.2) is 0 Å². The molecule has 0 aliphatic carbocycles. The number of benzene rings is 2. The Hall–Kier alpha value is -2.37. The number of hydrazone groups is 1. The highest BCUT2D eigenvalue weighted by Gasteiger charge is 2.33. The zero-order valence-electron chi connectivity index (χ0n) is 11.1. The number of anilines is 1. The zero-order valence-corrected chi connectivity index (χ0v) is 11.1. The van der Waals surface area contributed by atoms with Gasteiger partial charge in [-0.1, -0.05) is 18.2 Å². The van der Waals surface area contributed by atoms with Crippen molar-refractivity contribution in [1.29, 1.82) is 0 Å². The Labute approximate surface area is 119 Å². The van der Waals surface area contributed by atoms with Crippen molar-refractivity contribution in [2.45, 2.75) is 13.1 Å². The molecule has 0 bridgehead atoms. The molecule has 0 aliphatic heterocycles. The van der Waals surface area contributed by atoms with E-state index in [2.05, 4.69) is 10.5 Å². The molecule has 21 heavy (non-hydrogen) atoms. The summed E-state index contributed by atoms with van der Waals surface area (Å²) in [6.07, 6.45) is -3.42. The minimum absolute atomic E-state index is 0.0102. The number of nitrogens with one attached hydrogen (secondary N) is 1.